The number of thiophene rings is 1. The largest absolute Gasteiger partial charge is 0.424 e. The van der Waals surface area contributed by atoms with Crippen molar-refractivity contribution in [1.29, 1.82) is 0 Å². The molecule has 0 saturated heterocycles. The number of nitrogens with one attached hydrogen (secondary N) is 1. The van der Waals surface area contributed by atoms with Gasteiger partial charge in [0.15, 0.2) is 0 Å². The molecule has 0 fully saturated rings. The zero-order valence-corrected chi connectivity index (χ0v) is 16.0. The van der Waals surface area contributed by atoms with Crippen LogP contribution in [0.25, 0.3) is 0 Å². The zero-order valence-electron chi connectivity index (χ0n) is 15.2. The molecule has 1 aliphatic rings. The standard InChI is InChI=1S/C21H21N3O2S/c1-14-12-16(26-21-22-10-5-11-23-21)8-9-17(14)24-20(25)19-13-15-6-3-2-4-7-18(15)27-19/h5,8-13H,2-4,6-7H2,1H3,(H,24,25). The van der Waals surface area contributed by atoms with Crippen LogP contribution in [0.15, 0.2) is 42.7 Å². The lowest BCUT2D eigenvalue weighted by molar-refractivity contribution is 0.103. The van der Waals surface area contributed by atoms with Crippen LogP contribution < -0.4 is 10.1 Å². The summed E-state index contributed by atoms with van der Waals surface area (Å²) in [5.74, 6) is 0.593. The molecule has 27 heavy (non-hydrogen) atoms. The van der Waals surface area contributed by atoms with E-state index in [0.717, 1.165) is 29.0 Å². The van der Waals surface area contributed by atoms with Gasteiger partial charge in [0.1, 0.15) is 5.75 Å². The number of benzene rings is 1. The fraction of sp³-hybridized carbons (Fsp3) is 0.286. The molecule has 4 rings (SSSR count). The van der Waals surface area contributed by atoms with Gasteiger partial charge in [0, 0.05) is 23.0 Å². The van der Waals surface area contributed by atoms with Crippen LogP contribution in [0, 0.1) is 6.92 Å². The number of aromatic nitrogens is 2. The number of nitrogens with zero attached hydrogens (tertiary/aromatic N) is 2. The highest BCUT2D eigenvalue weighted by Crippen LogP contribution is 2.30. The van der Waals surface area contributed by atoms with Crippen molar-refractivity contribution in [2.24, 2.45) is 0 Å². The summed E-state index contributed by atoms with van der Waals surface area (Å²) in [7, 11) is 0. The van der Waals surface area contributed by atoms with Crippen LogP contribution in [0.5, 0.6) is 11.8 Å². The molecule has 1 aliphatic carbocycles. The lowest BCUT2D eigenvalue weighted by Crippen LogP contribution is -2.11. The molecule has 2 aromatic heterocycles. The normalized spacial score (nSPS) is 13.5. The average molecular weight is 379 g/mol. The van der Waals surface area contributed by atoms with Crippen molar-refractivity contribution < 1.29 is 9.53 Å². The van der Waals surface area contributed by atoms with Crippen LogP contribution in [0.1, 0.15) is 44.9 Å². The van der Waals surface area contributed by atoms with Crippen LogP contribution in [-0.4, -0.2) is 15.9 Å². The van der Waals surface area contributed by atoms with E-state index in [4.69, 9.17) is 4.74 Å². The van der Waals surface area contributed by atoms with Crippen LogP contribution in [-0.2, 0) is 12.8 Å². The Morgan fingerprint density at radius 1 is 1.11 bits per heavy atom. The summed E-state index contributed by atoms with van der Waals surface area (Å²) >= 11 is 1.63. The van der Waals surface area contributed by atoms with E-state index in [1.807, 2.05) is 25.1 Å². The van der Waals surface area contributed by atoms with Crippen molar-refractivity contribution in [2.45, 2.75) is 39.0 Å². The Kier molecular flexibility index (Phi) is 5.16. The van der Waals surface area contributed by atoms with Crippen molar-refractivity contribution in [2.75, 3.05) is 5.32 Å². The minimum absolute atomic E-state index is 0.0452. The van der Waals surface area contributed by atoms with Gasteiger partial charge in [-0.2, -0.15) is 0 Å². The van der Waals surface area contributed by atoms with Crippen LogP contribution in [0.3, 0.4) is 0 Å². The fourth-order valence-electron chi connectivity index (χ4n) is 3.25. The number of carbonyl (C=O) groups is 1. The van der Waals surface area contributed by atoms with E-state index >= 15 is 0 Å². The molecule has 1 aromatic carbocycles. The van der Waals surface area contributed by atoms with Crippen LogP contribution in [0.2, 0.25) is 0 Å². The van der Waals surface area contributed by atoms with E-state index in [-0.39, 0.29) is 5.91 Å². The molecular formula is C21H21N3O2S. The number of anilines is 1. The molecule has 3 aromatic rings. The van der Waals surface area contributed by atoms with Gasteiger partial charge in [0.25, 0.3) is 5.91 Å². The molecule has 138 valence electrons. The number of hydrogen-bond donors (Lipinski definition) is 1. The molecule has 0 atom stereocenters. The Labute approximate surface area is 162 Å². The maximum Gasteiger partial charge on any atom is 0.321 e. The second kappa shape index (κ2) is 7.88. The summed E-state index contributed by atoms with van der Waals surface area (Å²) < 4.78 is 5.64. The number of ether oxygens (including phenoxy) is 1. The van der Waals surface area contributed by atoms with E-state index in [2.05, 4.69) is 21.4 Å². The molecule has 0 radical (unpaired) electrons. The molecular weight excluding hydrogens is 358 g/mol. The third kappa shape index (κ3) is 4.17. The smallest absolute Gasteiger partial charge is 0.321 e. The summed E-state index contributed by atoms with van der Waals surface area (Å²) in [5.41, 5.74) is 3.06. The van der Waals surface area contributed by atoms with Gasteiger partial charge in [-0.25, -0.2) is 9.97 Å². The number of aryl methyl sites for hydroxylation is 3. The van der Waals surface area contributed by atoms with Crippen molar-refractivity contribution in [1.82, 2.24) is 9.97 Å². The fourth-order valence-corrected chi connectivity index (χ4v) is 4.40. The van der Waals surface area contributed by atoms with Crippen LogP contribution >= 0.6 is 11.3 Å². The first-order valence-corrected chi connectivity index (χ1v) is 9.99. The number of carbonyl (C=O) groups excluding carboxylic acids is 1. The Morgan fingerprint density at radius 2 is 1.93 bits per heavy atom. The van der Waals surface area contributed by atoms with Gasteiger partial charge in [-0.1, -0.05) is 6.42 Å². The second-order valence-corrected chi connectivity index (χ2v) is 7.82. The first-order valence-electron chi connectivity index (χ1n) is 9.17. The van der Waals surface area contributed by atoms with Gasteiger partial charge < -0.3 is 10.1 Å². The molecule has 1 amide bonds. The number of hydrogen-bond acceptors (Lipinski definition) is 5. The van der Waals surface area contributed by atoms with Crippen molar-refractivity contribution in [3.8, 4) is 11.8 Å². The third-order valence-corrected chi connectivity index (χ3v) is 5.90. The topological polar surface area (TPSA) is 64.1 Å². The molecule has 0 spiro atoms. The molecule has 0 saturated carbocycles. The van der Waals surface area contributed by atoms with E-state index in [9.17, 15) is 4.79 Å². The highest BCUT2D eigenvalue weighted by molar-refractivity contribution is 7.14. The van der Waals surface area contributed by atoms with Gasteiger partial charge in [-0.3, -0.25) is 4.79 Å². The molecule has 5 nitrogen and oxygen atoms in total. The van der Waals surface area contributed by atoms with Crippen molar-refractivity contribution >= 4 is 22.9 Å². The molecule has 0 unspecified atom stereocenters. The summed E-state index contributed by atoms with van der Waals surface area (Å²) in [6, 6.07) is 9.64. The van der Waals surface area contributed by atoms with Crippen LogP contribution in [0.4, 0.5) is 5.69 Å². The minimum Gasteiger partial charge on any atom is -0.424 e. The van der Waals surface area contributed by atoms with E-state index in [1.54, 1.807) is 29.8 Å². The molecule has 0 bridgehead atoms. The Hall–Kier alpha value is -2.73. The summed E-state index contributed by atoms with van der Waals surface area (Å²) in [6.45, 7) is 1.94. The van der Waals surface area contributed by atoms with E-state index in [0.29, 0.717) is 11.8 Å². The van der Waals surface area contributed by atoms with Gasteiger partial charge in [0.05, 0.1) is 4.88 Å². The number of fused-ring (bicyclic) bond motifs is 1. The molecule has 2 heterocycles. The number of rotatable bonds is 4. The summed E-state index contributed by atoms with van der Waals surface area (Å²) in [4.78, 5) is 23.0. The van der Waals surface area contributed by atoms with Crippen molar-refractivity contribution in [3.63, 3.8) is 0 Å². The summed E-state index contributed by atoms with van der Waals surface area (Å²) in [5, 5.41) is 3.03. The minimum atomic E-state index is -0.0452. The molecule has 6 heteroatoms. The Balaban J connectivity index is 1.47. The van der Waals surface area contributed by atoms with E-state index in [1.165, 1.54) is 29.7 Å². The predicted molar refractivity (Wildman–Crippen MR) is 107 cm³/mol. The maximum atomic E-state index is 12.7. The first kappa shape index (κ1) is 17.7. The quantitative estimate of drug-likeness (QED) is 0.636. The van der Waals surface area contributed by atoms with Gasteiger partial charge in [0.2, 0.25) is 0 Å². The monoisotopic (exact) mass is 379 g/mol. The summed E-state index contributed by atoms with van der Waals surface area (Å²) in [6.07, 6.45) is 9.17. The predicted octanol–water partition coefficient (Wildman–Crippen LogP) is 5.16. The average Bonchev–Trinajstić information content (AvgIpc) is 2.95. The highest BCUT2D eigenvalue weighted by Gasteiger charge is 2.17. The first-order chi connectivity index (χ1) is 13.2. The van der Waals surface area contributed by atoms with Crippen molar-refractivity contribution in [3.05, 3.63) is 63.6 Å². The van der Waals surface area contributed by atoms with Gasteiger partial charge in [-0.05, 0) is 74.1 Å². The number of amides is 1. The lowest BCUT2D eigenvalue weighted by Gasteiger charge is -2.10. The SMILES string of the molecule is Cc1cc(Oc2ncccn2)ccc1NC(=O)c1cc2c(s1)CCCCC2. The zero-order chi connectivity index (χ0) is 18.6. The van der Waals surface area contributed by atoms with Gasteiger partial charge in [-0.15, -0.1) is 11.3 Å². The third-order valence-electron chi connectivity index (χ3n) is 4.67. The molecule has 1 N–H and O–H groups in total. The Bertz CT molecular complexity index is 930. The highest BCUT2D eigenvalue weighted by atomic mass is 32.1. The molecule has 0 aliphatic heterocycles. The second-order valence-electron chi connectivity index (χ2n) is 6.68. The lowest BCUT2D eigenvalue weighted by atomic mass is 10.1. The maximum absolute atomic E-state index is 12.7. The van der Waals surface area contributed by atoms with E-state index < -0.39 is 0 Å². The van der Waals surface area contributed by atoms with Gasteiger partial charge >= 0.3 is 6.01 Å². The Morgan fingerprint density at radius 3 is 2.74 bits per heavy atom.